The maximum absolute atomic E-state index is 6.50. The monoisotopic (exact) mass is 364 g/mol. The van der Waals surface area contributed by atoms with Gasteiger partial charge in [-0.1, -0.05) is 39.0 Å². The van der Waals surface area contributed by atoms with Gasteiger partial charge in [0.15, 0.2) is 8.32 Å². The second kappa shape index (κ2) is 12.3. The van der Waals surface area contributed by atoms with Gasteiger partial charge in [-0.25, -0.2) is 0 Å². The normalized spacial score (nSPS) is 12.8. The number of methoxy groups -OCH3 is 1. The fourth-order valence-corrected chi connectivity index (χ4v) is 5.86. The topological polar surface area (TPSA) is 27.7 Å². The first-order valence-electron chi connectivity index (χ1n) is 9.64. The molecule has 0 heterocycles. The van der Waals surface area contributed by atoms with Gasteiger partial charge < -0.3 is 13.9 Å². The molecule has 0 N–H and O–H groups in total. The molecular weight excluding hydrogens is 328 g/mol. The Morgan fingerprint density at radius 2 is 1.68 bits per heavy atom. The fourth-order valence-electron chi connectivity index (χ4n) is 3.01. The van der Waals surface area contributed by atoms with Crippen LogP contribution in [-0.2, 0) is 15.8 Å². The fraction of sp³-hybridized carbons (Fsp3) is 0.619. The maximum Gasteiger partial charge on any atom is 0.192 e. The van der Waals surface area contributed by atoms with Crippen molar-refractivity contribution in [3.63, 3.8) is 0 Å². The summed E-state index contributed by atoms with van der Waals surface area (Å²) < 4.78 is 17.4. The van der Waals surface area contributed by atoms with Gasteiger partial charge in [0.1, 0.15) is 5.75 Å². The van der Waals surface area contributed by atoms with E-state index in [1.807, 2.05) is 30.3 Å². The first-order chi connectivity index (χ1) is 12.1. The van der Waals surface area contributed by atoms with Gasteiger partial charge in [0, 0.05) is 6.61 Å². The van der Waals surface area contributed by atoms with Gasteiger partial charge in [-0.2, -0.15) is 0 Å². The molecule has 0 spiro atoms. The highest BCUT2D eigenvalue weighted by atomic mass is 28.4. The van der Waals surface area contributed by atoms with E-state index in [1.165, 1.54) is 23.7 Å². The Morgan fingerprint density at radius 1 is 1.04 bits per heavy atom. The molecule has 1 atom stereocenters. The van der Waals surface area contributed by atoms with E-state index in [0.717, 1.165) is 31.6 Å². The van der Waals surface area contributed by atoms with Crippen LogP contribution in [0, 0.1) is 0 Å². The molecule has 0 radical (unpaired) electrons. The van der Waals surface area contributed by atoms with Gasteiger partial charge >= 0.3 is 0 Å². The number of hydrogen-bond donors (Lipinski definition) is 0. The molecule has 0 aliphatic heterocycles. The minimum absolute atomic E-state index is 0.202. The molecule has 0 saturated carbocycles. The molecule has 1 rings (SSSR count). The van der Waals surface area contributed by atoms with Crippen LogP contribution in [0.4, 0.5) is 0 Å². The zero-order chi connectivity index (χ0) is 18.5. The third-order valence-corrected chi connectivity index (χ3v) is 9.72. The van der Waals surface area contributed by atoms with Crippen molar-refractivity contribution < 1.29 is 13.9 Å². The maximum atomic E-state index is 6.50. The predicted molar refractivity (Wildman–Crippen MR) is 109 cm³/mol. The van der Waals surface area contributed by atoms with Crippen molar-refractivity contribution >= 4 is 8.32 Å². The number of rotatable bonds is 14. The second-order valence-electron chi connectivity index (χ2n) is 6.53. The summed E-state index contributed by atoms with van der Waals surface area (Å²) in [5.74, 6) is 0.880. The third-order valence-electron chi connectivity index (χ3n) is 5.05. The van der Waals surface area contributed by atoms with Crippen LogP contribution in [0.5, 0.6) is 5.75 Å². The molecule has 142 valence electrons. The highest BCUT2D eigenvalue weighted by molar-refractivity contribution is 6.73. The minimum atomic E-state index is -1.54. The van der Waals surface area contributed by atoms with Crippen molar-refractivity contribution in [2.75, 3.05) is 13.7 Å². The van der Waals surface area contributed by atoms with Gasteiger partial charge in [-0.05, 0) is 55.1 Å². The van der Waals surface area contributed by atoms with E-state index in [4.69, 9.17) is 13.9 Å². The lowest BCUT2D eigenvalue weighted by molar-refractivity contribution is 0.114. The summed E-state index contributed by atoms with van der Waals surface area (Å²) in [5, 5.41) is 0. The highest BCUT2D eigenvalue weighted by Crippen LogP contribution is 2.25. The minimum Gasteiger partial charge on any atom is -0.497 e. The van der Waals surface area contributed by atoms with Crippen LogP contribution in [0.15, 0.2) is 36.9 Å². The van der Waals surface area contributed by atoms with E-state index in [-0.39, 0.29) is 6.10 Å². The summed E-state index contributed by atoms with van der Waals surface area (Å²) in [6.07, 6.45) is 5.41. The van der Waals surface area contributed by atoms with Crippen LogP contribution in [0.2, 0.25) is 18.1 Å². The molecule has 0 unspecified atom stereocenters. The Morgan fingerprint density at radius 3 is 2.20 bits per heavy atom. The summed E-state index contributed by atoms with van der Waals surface area (Å²) >= 11 is 0. The Kier molecular flexibility index (Phi) is 10.8. The average molecular weight is 365 g/mol. The summed E-state index contributed by atoms with van der Waals surface area (Å²) in [6.45, 7) is 12.2. The lowest BCUT2D eigenvalue weighted by Crippen LogP contribution is -2.39. The van der Waals surface area contributed by atoms with E-state index in [2.05, 4.69) is 27.4 Å². The molecule has 0 bridgehead atoms. The van der Waals surface area contributed by atoms with E-state index in [0.29, 0.717) is 6.61 Å². The Bertz CT molecular complexity index is 460. The lowest BCUT2D eigenvalue weighted by atomic mass is 10.1. The number of unbranched alkanes of at least 4 members (excludes halogenated alkanes) is 1. The van der Waals surface area contributed by atoms with Crippen molar-refractivity contribution in [1.29, 1.82) is 0 Å². The Balaban J connectivity index is 2.23. The van der Waals surface area contributed by atoms with E-state index < -0.39 is 8.32 Å². The molecule has 0 aliphatic carbocycles. The van der Waals surface area contributed by atoms with Crippen molar-refractivity contribution in [3.05, 3.63) is 42.5 Å². The van der Waals surface area contributed by atoms with Crippen molar-refractivity contribution in [2.45, 2.75) is 70.9 Å². The van der Waals surface area contributed by atoms with E-state index >= 15 is 0 Å². The van der Waals surface area contributed by atoms with Gasteiger partial charge in [0.05, 0.1) is 19.8 Å². The lowest BCUT2D eigenvalue weighted by Gasteiger charge is -2.32. The van der Waals surface area contributed by atoms with E-state index in [9.17, 15) is 0 Å². The molecule has 0 saturated heterocycles. The molecular formula is C21H36O3Si. The first kappa shape index (κ1) is 21.9. The van der Waals surface area contributed by atoms with Crippen LogP contribution in [0.25, 0.3) is 0 Å². The molecule has 3 nitrogen and oxygen atoms in total. The molecule has 1 aromatic carbocycles. The van der Waals surface area contributed by atoms with E-state index in [1.54, 1.807) is 7.11 Å². The van der Waals surface area contributed by atoms with Gasteiger partial charge in [-0.15, -0.1) is 6.58 Å². The molecule has 4 heteroatoms. The molecule has 25 heavy (non-hydrogen) atoms. The Labute approximate surface area is 155 Å². The van der Waals surface area contributed by atoms with Gasteiger partial charge in [0.2, 0.25) is 0 Å². The SMILES string of the molecule is C=C[C@@H](CCCCOCc1ccc(OC)cc1)O[Si](CC)(CC)CC. The number of ether oxygens (including phenoxy) is 2. The quantitative estimate of drug-likeness (QED) is 0.232. The zero-order valence-electron chi connectivity index (χ0n) is 16.6. The standard InChI is InChI=1S/C21H36O3Si/c1-6-20(24-25(7-2,8-3)9-4)12-10-11-17-23-18-19-13-15-21(22-5)16-14-19/h6,13-16,20H,1,7-12,17-18H2,2-5H3/t20-/m0/s1. The summed E-state index contributed by atoms with van der Waals surface area (Å²) in [6, 6.07) is 11.6. The van der Waals surface area contributed by atoms with Crippen molar-refractivity contribution in [2.24, 2.45) is 0 Å². The Hall–Kier alpha value is -1.10. The third kappa shape index (κ3) is 7.76. The summed E-state index contributed by atoms with van der Waals surface area (Å²) in [7, 11) is 0.139. The highest BCUT2D eigenvalue weighted by Gasteiger charge is 2.30. The molecule has 0 fully saturated rings. The molecule has 0 amide bonds. The van der Waals surface area contributed by atoms with Crippen LogP contribution in [0.1, 0.15) is 45.6 Å². The first-order valence-corrected chi connectivity index (χ1v) is 12.2. The second-order valence-corrected chi connectivity index (χ2v) is 11.3. The van der Waals surface area contributed by atoms with Crippen molar-refractivity contribution in [1.82, 2.24) is 0 Å². The smallest absolute Gasteiger partial charge is 0.192 e. The van der Waals surface area contributed by atoms with Gasteiger partial charge in [-0.3, -0.25) is 0 Å². The van der Waals surface area contributed by atoms with Crippen LogP contribution in [0.3, 0.4) is 0 Å². The summed E-state index contributed by atoms with van der Waals surface area (Å²) in [5.41, 5.74) is 1.18. The van der Waals surface area contributed by atoms with Crippen molar-refractivity contribution in [3.8, 4) is 5.75 Å². The molecule has 0 aromatic heterocycles. The zero-order valence-corrected chi connectivity index (χ0v) is 17.6. The van der Waals surface area contributed by atoms with Crippen LogP contribution >= 0.6 is 0 Å². The van der Waals surface area contributed by atoms with Gasteiger partial charge in [0.25, 0.3) is 0 Å². The largest absolute Gasteiger partial charge is 0.497 e. The number of benzene rings is 1. The summed E-state index contributed by atoms with van der Waals surface area (Å²) in [4.78, 5) is 0. The van der Waals surface area contributed by atoms with Crippen LogP contribution < -0.4 is 4.74 Å². The molecule has 1 aromatic rings. The molecule has 0 aliphatic rings. The van der Waals surface area contributed by atoms with Crippen LogP contribution in [-0.4, -0.2) is 28.1 Å². The number of hydrogen-bond acceptors (Lipinski definition) is 3. The average Bonchev–Trinajstić information content (AvgIpc) is 2.68. The predicted octanol–water partition coefficient (Wildman–Crippen LogP) is 5.96.